The number of hydrogen-bond donors (Lipinski definition) is 2. The van der Waals surface area contributed by atoms with Gasteiger partial charge in [-0.2, -0.15) is 0 Å². The molecule has 1 unspecified atom stereocenters. The van der Waals surface area contributed by atoms with E-state index in [0.717, 1.165) is 6.42 Å². The van der Waals surface area contributed by atoms with E-state index < -0.39 is 15.4 Å². The molecule has 0 aromatic carbocycles. The summed E-state index contributed by atoms with van der Waals surface area (Å²) in [6.07, 6.45) is 1.31. The maximum absolute atomic E-state index is 11.3. The Morgan fingerprint density at radius 3 is 2.58 bits per heavy atom. The SMILES string of the molecule is NC1CCC2(COC2)NS1(=O)=O. The molecule has 2 aliphatic rings. The van der Waals surface area contributed by atoms with Crippen LogP contribution in [0, 0.1) is 0 Å². The molecule has 0 bridgehead atoms. The lowest BCUT2D eigenvalue weighted by Crippen LogP contribution is -2.67. The van der Waals surface area contributed by atoms with E-state index in [9.17, 15) is 8.42 Å². The van der Waals surface area contributed by atoms with Crippen LogP contribution in [0.1, 0.15) is 12.8 Å². The number of rotatable bonds is 0. The van der Waals surface area contributed by atoms with Crippen molar-refractivity contribution in [3.8, 4) is 0 Å². The molecule has 70 valence electrons. The Hall–Kier alpha value is -0.170. The lowest BCUT2D eigenvalue weighted by molar-refractivity contribution is -0.0701. The molecule has 0 radical (unpaired) electrons. The molecule has 2 rings (SSSR count). The summed E-state index contributed by atoms with van der Waals surface area (Å²) in [6.45, 7) is 0.970. The topological polar surface area (TPSA) is 81.4 Å². The van der Waals surface area contributed by atoms with Crippen molar-refractivity contribution >= 4 is 10.0 Å². The minimum Gasteiger partial charge on any atom is -0.377 e. The molecule has 0 aliphatic carbocycles. The standard InChI is InChI=1S/C6H12N2O3S/c7-5-1-2-6(3-11-4-6)8-12(5,9)10/h5,8H,1-4,7H2. The normalized spacial score (nSPS) is 37.6. The fourth-order valence-electron chi connectivity index (χ4n) is 1.55. The average Bonchev–Trinajstić information content (AvgIpc) is 1.92. The molecule has 12 heavy (non-hydrogen) atoms. The van der Waals surface area contributed by atoms with Gasteiger partial charge in [-0.25, -0.2) is 13.1 Å². The van der Waals surface area contributed by atoms with Crippen LogP contribution in [0.5, 0.6) is 0 Å². The van der Waals surface area contributed by atoms with E-state index in [2.05, 4.69) is 4.72 Å². The van der Waals surface area contributed by atoms with Crippen LogP contribution < -0.4 is 10.5 Å². The Morgan fingerprint density at radius 2 is 2.17 bits per heavy atom. The molecule has 2 aliphatic heterocycles. The van der Waals surface area contributed by atoms with Crippen molar-refractivity contribution < 1.29 is 13.2 Å². The number of nitrogens with one attached hydrogen (secondary N) is 1. The highest BCUT2D eigenvalue weighted by Gasteiger charge is 2.47. The maximum Gasteiger partial charge on any atom is 0.228 e. The third-order valence-corrected chi connectivity index (χ3v) is 4.17. The highest BCUT2D eigenvalue weighted by atomic mass is 32.2. The average molecular weight is 192 g/mol. The van der Waals surface area contributed by atoms with Gasteiger partial charge in [0.15, 0.2) is 0 Å². The molecule has 0 saturated carbocycles. The Morgan fingerprint density at radius 1 is 1.50 bits per heavy atom. The lowest BCUT2D eigenvalue weighted by Gasteiger charge is -2.45. The third-order valence-electron chi connectivity index (χ3n) is 2.42. The van der Waals surface area contributed by atoms with Crippen LogP contribution >= 0.6 is 0 Å². The largest absolute Gasteiger partial charge is 0.377 e. The predicted molar refractivity (Wildman–Crippen MR) is 42.8 cm³/mol. The van der Waals surface area contributed by atoms with Crippen molar-refractivity contribution in [1.82, 2.24) is 4.72 Å². The molecule has 0 aromatic rings. The second-order valence-corrected chi connectivity index (χ2v) is 5.40. The van der Waals surface area contributed by atoms with E-state index in [0.29, 0.717) is 19.6 Å². The maximum atomic E-state index is 11.3. The van der Waals surface area contributed by atoms with Crippen LogP contribution in [0.25, 0.3) is 0 Å². The molecule has 1 spiro atoms. The van der Waals surface area contributed by atoms with Crippen LogP contribution in [-0.2, 0) is 14.8 Å². The Bertz CT molecular complexity index is 283. The van der Waals surface area contributed by atoms with Gasteiger partial charge in [-0.15, -0.1) is 0 Å². The molecule has 5 nitrogen and oxygen atoms in total. The van der Waals surface area contributed by atoms with Gasteiger partial charge in [-0.05, 0) is 12.8 Å². The van der Waals surface area contributed by atoms with E-state index in [-0.39, 0.29) is 5.54 Å². The lowest BCUT2D eigenvalue weighted by atomic mass is 9.92. The smallest absolute Gasteiger partial charge is 0.228 e. The molecule has 2 saturated heterocycles. The van der Waals surface area contributed by atoms with Gasteiger partial charge in [-0.1, -0.05) is 0 Å². The molecular formula is C6H12N2O3S. The first-order chi connectivity index (χ1) is 5.54. The summed E-state index contributed by atoms with van der Waals surface area (Å²) in [4.78, 5) is 0. The second kappa shape index (κ2) is 2.41. The quantitative estimate of drug-likeness (QED) is 0.502. The summed E-state index contributed by atoms with van der Waals surface area (Å²) in [5.74, 6) is 0. The summed E-state index contributed by atoms with van der Waals surface area (Å²) in [5, 5.41) is -0.747. The van der Waals surface area contributed by atoms with Gasteiger partial charge in [-0.3, -0.25) is 0 Å². The Kier molecular flexibility index (Phi) is 1.69. The Balaban J connectivity index is 2.18. The molecule has 2 fully saturated rings. The number of ether oxygens (including phenoxy) is 1. The third kappa shape index (κ3) is 1.15. The fourth-order valence-corrected chi connectivity index (χ4v) is 2.96. The Labute approximate surface area is 71.3 Å². The van der Waals surface area contributed by atoms with Gasteiger partial charge < -0.3 is 10.5 Å². The summed E-state index contributed by atoms with van der Waals surface area (Å²) in [6, 6.07) is 0. The van der Waals surface area contributed by atoms with E-state index in [4.69, 9.17) is 10.5 Å². The molecule has 1 atom stereocenters. The van der Waals surface area contributed by atoms with Crippen molar-refractivity contribution in [2.24, 2.45) is 5.73 Å². The zero-order chi connectivity index (χ0) is 8.82. The highest BCUT2D eigenvalue weighted by Crippen LogP contribution is 2.29. The van der Waals surface area contributed by atoms with Crippen LogP contribution in [0.4, 0.5) is 0 Å². The number of nitrogens with two attached hydrogens (primary N) is 1. The first kappa shape index (κ1) is 8.43. The monoisotopic (exact) mass is 192 g/mol. The van der Waals surface area contributed by atoms with Gasteiger partial charge >= 0.3 is 0 Å². The van der Waals surface area contributed by atoms with E-state index in [1.54, 1.807) is 0 Å². The molecular weight excluding hydrogens is 180 g/mol. The van der Waals surface area contributed by atoms with Crippen LogP contribution in [0.15, 0.2) is 0 Å². The minimum atomic E-state index is -3.28. The van der Waals surface area contributed by atoms with E-state index in [1.807, 2.05) is 0 Å². The molecule has 0 aromatic heterocycles. The van der Waals surface area contributed by atoms with Crippen LogP contribution in [0.3, 0.4) is 0 Å². The highest BCUT2D eigenvalue weighted by molar-refractivity contribution is 7.90. The zero-order valence-corrected chi connectivity index (χ0v) is 7.43. The van der Waals surface area contributed by atoms with E-state index >= 15 is 0 Å². The van der Waals surface area contributed by atoms with Crippen molar-refractivity contribution in [2.75, 3.05) is 13.2 Å². The van der Waals surface area contributed by atoms with E-state index in [1.165, 1.54) is 0 Å². The summed E-state index contributed by atoms with van der Waals surface area (Å²) in [5.41, 5.74) is 5.10. The van der Waals surface area contributed by atoms with Crippen LogP contribution in [-0.4, -0.2) is 32.5 Å². The molecule has 6 heteroatoms. The number of hydrogen-bond acceptors (Lipinski definition) is 4. The van der Waals surface area contributed by atoms with Gasteiger partial charge in [0.25, 0.3) is 0 Å². The molecule has 0 amide bonds. The minimum absolute atomic E-state index is 0.325. The molecule has 3 N–H and O–H groups in total. The molecule has 2 heterocycles. The first-order valence-corrected chi connectivity index (χ1v) is 5.45. The van der Waals surface area contributed by atoms with Crippen LogP contribution in [0.2, 0.25) is 0 Å². The van der Waals surface area contributed by atoms with Gasteiger partial charge in [0.1, 0.15) is 5.37 Å². The van der Waals surface area contributed by atoms with Crippen molar-refractivity contribution in [3.63, 3.8) is 0 Å². The van der Waals surface area contributed by atoms with Gasteiger partial charge in [0.2, 0.25) is 10.0 Å². The van der Waals surface area contributed by atoms with Gasteiger partial charge in [0.05, 0.1) is 18.8 Å². The van der Waals surface area contributed by atoms with Crippen molar-refractivity contribution in [1.29, 1.82) is 0 Å². The summed E-state index contributed by atoms with van der Waals surface area (Å²) >= 11 is 0. The fraction of sp³-hybridized carbons (Fsp3) is 1.00. The number of sulfonamides is 1. The van der Waals surface area contributed by atoms with Crippen molar-refractivity contribution in [2.45, 2.75) is 23.8 Å². The van der Waals surface area contributed by atoms with Crippen molar-refractivity contribution in [3.05, 3.63) is 0 Å². The summed E-state index contributed by atoms with van der Waals surface area (Å²) < 4.78 is 30.2. The summed E-state index contributed by atoms with van der Waals surface area (Å²) in [7, 11) is -3.28. The van der Waals surface area contributed by atoms with Gasteiger partial charge in [0, 0.05) is 0 Å². The predicted octanol–water partition coefficient (Wildman–Crippen LogP) is -1.25. The zero-order valence-electron chi connectivity index (χ0n) is 6.62. The second-order valence-electron chi connectivity index (χ2n) is 3.50. The first-order valence-electron chi connectivity index (χ1n) is 3.90.